The Morgan fingerprint density at radius 2 is 1.35 bits per heavy atom. The topological polar surface area (TPSA) is 40.2 Å². The van der Waals surface area contributed by atoms with Gasteiger partial charge in [-0.2, -0.15) is 0 Å². The second-order valence-electron chi connectivity index (χ2n) is 14.4. The number of fused-ring (bicyclic) bond motifs is 3. The Kier molecular flexibility index (Phi) is 10.3. The van der Waals surface area contributed by atoms with E-state index in [0.29, 0.717) is 18.1 Å². The monoisotopic (exact) mass is 715 g/mol. The van der Waals surface area contributed by atoms with Crippen molar-refractivity contribution in [3.05, 3.63) is 156 Å². The van der Waals surface area contributed by atoms with E-state index in [0.717, 1.165) is 87.2 Å². The molecule has 1 saturated heterocycles. The Balaban J connectivity index is 1.36. The highest BCUT2D eigenvalue weighted by Crippen LogP contribution is 2.51. The molecule has 0 saturated carbocycles. The highest BCUT2D eigenvalue weighted by atomic mass is 16.5. The number of anilines is 1. The number of hydrogen-bond donors (Lipinski definition) is 0. The van der Waals surface area contributed by atoms with Crippen molar-refractivity contribution in [1.82, 2.24) is 0 Å². The van der Waals surface area contributed by atoms with Gasteiger partial charge in [-0.25, -0.2) is 0 Å². The van der Waals surface area contributed by atoms with Gasteiger partial charge < -0.3 is 23.8 Å². The third-order valence-electron chi connectivity index (χ3n) is 11.0. The van der Waals surface area contributed by atoms with Crippen molar-refractivity contribution >= 4 is 22.0 Å². The number of nitrogens with zero attached hydrogens (tertiary/aromatic N) is 1. The predicted octanol–water partition coefficient (Wildman–Crippen LogP) is 11.9. The lowest BCUT2D eigenvalue weighted by Gasteiger charge is -2.39. The summed E-state index contributed by atoms with van der Waals surface area (Å²) in [6.07, 6.45) is 9.37. The third kappa shape index (κ3) is 6.80. The third-order valence-corrected chi connectivity index (χ3v) is 11.0. The molecular weight excluding hydrogens is 667 g/mol. The Hall–Kier alpha value is -5.68. The summed E-state index contributed by atoms with van der Waals surface area (Å²) in [5.74, 6) is 3.04. The van der Waals surface area contributed by atoms with Crippen LogP contribution in [0, 0.1) is 0 Å². The standard InChI is InChI=1S/C49H49NO4/c1-4-5-6-15-30-53-45-31-37(20-26-41(45)35-16-9-7-10-17-35)43-34-49(38-18-11-8-12-19-38,39-22-24-40(25-23-39)50-28-13-14-29-50)54-44-27-21-36-32-46(51-2)47(52-3)33-42(36)48(43)44/h7-12,16-27,31-34H,4-6,13-15,28-30H2,1-3H3. The van der Waals surface area contributed by atoms with E-state index in [1.165, 1.54) is 31.4 Å². The van der Waals surface area contributed by atoms with Crippen molar-refractivity contribution in [3.8, 4) is 34.1 Å². The quantitative estimate of drug-likeness (QED) is 0.111. The molecule has 0 bridgehead atoms. The van der Waals surface area contributed by atoms with Gasteiger partial charge in [-0.1, -0.05) is 117 Å². The first-order chi connectivity index (χ1) is 26.6. The molecule has 6 aromatic rings. The average Bonchev–Trinajstić information content (AvgIpc) is 3.79. The zero-order chi connectivity index (χ0) is 36.9. The maximum Gasteiger partial charge on any atom is 0.178 e. The van der Waals surface area contributed by atoms with E-state index in [4.69, 9.17) is 18.9 Å². The minimum absolute atomic E-state index is 0.666. The van der Waals surface area contributed by atoms with Crippen LogP contribution in [-0.4, -0.2) is 33.9 Å². The molecule has 5 nitrogen and oxygen atoms in total. The molecule has 0 amide bonds. The molecule has 6 aromatic carbocycles. The average molecular weight is 716 g/mol. The molecule has 0 aromatic heterocycles. The van der Waals surface area contributed by atoms with Crippen LogP contribution in [-0.2, 0) is 5.60 Å². The fourth-order valence-electron chi connectivity index (χ4n) is 8.11. The first kappa shape index (κ1) is 35.4. The summed E-state index contributed by atoms with van der Waals surface area (Å²) in [5, 5.41) is 2.06. The molecule has 5 heteroatoms. The van der Waals surface area contributed by atoms with Crippen LogP contribution in [0.15, 0.2) is 133 Å². The maximum absolute atomic E-state index is 7.38. The molecule has 2 aliphatic heterocycles. The molecular formula is C49H49NO4. The number of benzene rings is 6. The molecule has 0 N–H and O–H groups in total. The van der Waals surface area contributed by atoms with Crippen molar-refractivity contribution in [3.63, 3.8) is 0 Å². The summed E-state index contributed by atoms with van der Waals surface area (Å²) in [6, 6.07) is 45.2. The predicted molar refractivity (Wildman–Crippen MR) is 221 cm³/mol. The Labute approximate surface area is 319 Å². The Morgan fingerprint density at radius 3 is 2.07 bits per heavy atom. The molecule has 1 unspecified atom stereocenters. The van der Waals surface area contributed by atoms with Crippen molar-refractivity contribution in [1.29, 1.82) is 0 Å². The normalized spacial score (nSPS) is 16.4. The summed E-state index contributed by atoms with van der Waals surface area (Å²) in [4.78, 5) is 2.48. The number of rotatable bonds is 13. The van der Waals surface area contributed by atoms with Gasteiger partial charge in [-0.05, 0) is 89.2 Å². The van der Waals surface area contributed by atoms with E-state index < -0.39 is 5.60 Å². The largest absolute Gasteiger partial charge is 0.493 e. The zero-order valence-electron chi connectivity index (χ0n) is 31.6. The van der Waals surface area contributed by atoms with Crippen LogP contribution in [0.4, 0.5) is 5.69 Å². The van der Waals surface area contributed by atoms with Crippen LogP contribution in [0.5, 0.6) is 23.0 Å². The van der Waals surface area contributed by atoms with Gasteiger partial charge >= 0.3 is 0 Å². The molecule has 1 fully saturated rings. The molecule has 0 aliphatic carbocycles. The SMILES string of the molecule is CCCCCCOc1cc(C2=CC(c3ccccc3)(c3ccc(N4CCCC4)cc3)Oc3ccc4cc(OC)c(OC)cc4c32)ccc1-c1ccccc1. The van der Waals surface area contributed by atoms with E-state index >= 15 is 0 Å². The van der Waals surface area contributed by atoms with Crippen LogP contribution in [0.3, 0.4) is 0 Å². The van der Waals surface area contributed by atoms with E-state index in [9.17, 15) is 0 Å². The zero-order valence-corrected chi connectivity index (χ0v) is 31.6. The first-order valence-corrected chi connectivity index (χ1v) is 19.5. The maximum atomic E-state index is 7.38. The minimum atomic E-state index is -0.906. The fourth-order valence-corrected chi connectivity index (χ4v) is 8.11. The fraction of sp³-hybridized carbons (Fsp3) is 0.265. The van der Waals surface area contributed by atoms with Crippen LogP contribution in [0.1, 0.15) is 67.7 Å². The number of ether oxygens (including phenoxy) is 4. The molecule has 2 aliphatic rings. The minimum Gasteiger partial charge on any atom is -0.493 e. The van der Waals surface area contributed by atoms with Gasteiger partial charge in [-0.15, -0.1) is 0 Å². The number of methoxy groups -OCH3 is 2. The van der Waals surface area contributed by atoms with Gasteiger partial charge in [-0.3, -0.25) is 0 Å². The van der Waals surface area contributed by atoms with Crippen molar-refractivity contribution in [2.75, 3.05) is 38.8 Å². The summed E-state index contributed by atoms with van der Waals surface area (Å²) in [6.45, 7) is 5.10. The first-order valence-electron chi connectivity index (χ1n) is 19.5. The molecule has 8 rings (SSSR count). The number of unbranched alkanes of at least 4 members (excludes halogenated alkanes) is 3. The lowest BCUT2D eigenvalue weighted by molar-refractivity contribution is 0.160. The molecule has 0 spiro atoms. The number of hydrogen-bond acceptors (Lipinski definition) is 5. The van der Waals surface area contributed by atoms with Gasteiger partial charge in [0.2, 0.25) is 0 Å². The van der Waals surface area contributed by atoms with Crippen LogP contribution in [0.25, 0.3) is 27.5 Å². The van der Waals surface area contributed by atoms with E-state index in [-0.39, 0.29) is 0 Å². The summed E-state index contributed by atoms with van der Waals surface area (Å²) in [5.41, 5.74) is 7.82. The van der Waals surface area contributed by atoms with Crippen LogP contribution >= 0.6 is 0 Å². The lowest BCUT2D eigenvalue weighted by atomic mass is 9.78. The molecule has 0 radical (unpaired) electrons. The van der Waals surface area contributed by atoms with Crippen molar-refractivity contribution in [2.45, 2.75) is 51.0 Å². The summed E-state index contributed by atoms with van der Waals surface area (Å²) >= 11 is 0. The molecule has 1 atom stereocenters. The highest BCUT2D eigenvalue weighted by molar-refractivity contribution is 6.03. The highest BCUT2D eigenvalue weighted by Gasteiger charge is 2.40. The Morgan fingerprint density at radius 1 is 0.648 bits per heavy atom. The smallest absolute Gasteiger partial charge is 0.178 e. The van der Waals surface area contributed by atoms with Gasteiger partial charge in [0.1, 0.15) is 11.5 Å². The van der Waals surface area contributed by atoms with E-state index in [2.05, 4.69) is 139 Å². The molecule has 2 heterocycles. The summed E-state index contributed by atoms with van der Waals surface area (Å²) in [7, 11) is 3.36. The van der Waals surface area contributed by atoms with Gasteiger partial charge in [0, 0.05) is 41.0 Å². The van der Waals surface area contributed by atoms with Crippen molar-refractivity contribution in [2.24, 2.45) is 0 Å². The van der Waals surface area contributed by atoms with E-state index in [1.54, 1.807) is 14.2 Å². The summed E-state index contributed by atoms with van der Waals surface area (Å²) < 4.78 is 25.7. The Bertz CT molecular complexity index is 2240. The van der Waals surface area contributed by atoms with E-state index in [1.807, 2.05) is 6.07 Å². The molecule has 54 heavy (non-hydrogen) atoms. The molecule has 274 valence electrons. The van der Waals surface area contributed by atoms with Crippen molar-refractivity contribution < 1.29 is 18.9 Å². The van der Waals surface area contributed by atoms with Gasteiger partial charge in [0.05, 0.1) is 20.8 Å². The van der Waals surface area contributed by atoms with Crippen LogP contribution < -0.4 is 23.8 Å². The van der Waals surface area contributed by atoms with Crippen LogP contribution in [0.2, 0.25) is 0 Å². The lowest BCUT2D eigenvalue weighted by Crippen LogP contribution is -2.35. The second kappa shape index (κ2) is 15.7. The van der Waals surface area contributed by atoms with Gasteiger partial charge in [0.15, 0.2) is 17.1 Å². The van der Waals surface area contributed by atoms with Gasteiger partial charge in [0.25, 0.3) is 0 Å². The second-order valence-corrected chi connectivity index (χ2v) is 14.4.